The monoisotopic (exact) mass is 290 g/mol. The van der Waals surface area contributed by atoms with Gasteiger partial charge >= 0.3 is 0 Å². The number of benzene rings is 1. The first-order chi connectivity index (χ1) is 10.2. The first kappa shape index (κ1) is 16.0. The summed E-state index contributed by atoms with van der Waals surface area (Å²) in [6, 6.07) is 9.93. The van der Waals surface area contributed by atoms with Crippen LogP contribution < -0.4 is 4.90 Å². The minimum Gasteiger partial charge on any atom is -0.396 e. The van der Waals surface area contributed by atoms with E-state index < -0.39 is 0 Å². The Morgan fingerprint density at radius 1 is 1.24 bits per heavy atom. The van der Waals surface area contributed by atoms with Gasteiger partial charge < -0.3 is 10.0 Å². The van der Waals surface area contributed by atoms with E-state index in [9.17, 15) is 4.79 Å². The van der Waals surface area contributed by atoms with Crippen LogP contribution in [0.2, 0.25) is 0 Å². The Morgan fingerprint density at radius 2 is 2.00 bits per heavy atom. The maximum absolute atomic E-state index is 12.7. The normalized spacial score (nSPS) is 19.3. The predicted octanol–water partition coefficient (Wildman–Crippen LogP) is 2.28. The number of nitrogens with zero attached hydrogens (tertiary/aromatic N) is 2. The zero-order chi connectivity index (χ0) is 15.1. The highest BCUT2D eigenvalue weighted by atomic mass is 16.2. The van der Waals surface area contributed by atoms with E-state index in [1.54, 1.807) is 0 Å². The summed E-state index contributed by atoms with van der Waals surface area (Å²) in [6.07, 6.45) is 4.89. The van der Waals surface area contributed by atoms with Gasteiger partial charge in [0.2, 0.25) is 5.91 Å². The van der Waals surface area contributed by atoms with Gasteiger partial charge in [0.25, 0.3) is 0 Å². The summed E-state index contributed by atoms with van der Waals surface area (Å²) in [5, 5.41) is 8.81. The van der Waals surface area contributed by atoms with E-state index in [0.717, 1.165) is 50.9 Å². The van der Waals surface area contributed by atoms with Crippen LogP contribution in [0.5, 0.6) is 0 Å². The third-order valence-corrected chi connectivity index (χ3v) is 4.18. The van der Waals surface area contributed by atoms with Gasteiger partial charge in [-0.15, -0.1) is 0 Å². The lowest BCUT2D eigenvalue weighted by atomic mass is 10.0. The number of carbonyl (C=O) groups is 1. The van der Waals surface area contributed by atoms with Crippen molar-refractivity contribution in [3.63, 3.8) is 0 Å². The molecular formula is C17H26N2O2. The number of aliphatic hydroxyl groups excluding tert-OH is 1. The Bertz CT molecular complexity index is 436. The molecule has 0 aromatic heterocycles. The molecule has 0 spiro atoms. The molecule has 4 nitrogen and oxygen atoms in total. The molecule has 0 aliphatic carbocycles. The summed E-state index contributed by atoms with van der Waals surface area (Å²) in [7, 11) is 2.04. The standard InChI is InChI=1S/C17H26N2O2/c1-18(12-6-3-7-14-20)16-11-8-13-19(17(16)21)15-9-4-2-5-10-15/h2,4-5,9-10,16,20H,3,6-8,11-14H2,1H3. The molecule has 1 atom stereocenters. The van der Waals surface area contributed by atoms with E-state index in [2.05, 4.69) is 4.90 Å². The number of hydrogen-bond donors (Lipinski definition) is 1. The van der Waals surface area contributed by atoms with Gasteiger partial charge in [-0.05, 0) is 57.8 Å². The molecule has 21 heavy (non-hydrogen) atoms. The van der Waals surface area contributed by atoms with Gasteiger partial charge in [0.05, 0.1) is 6.04 Å². The van der Waals surface area contributed by atoms with Crippen molar-refractivity contribution in [1.29, 1.82) is 0 Å². The molecule has 1 aliphatic heterocycles. The van der Waals surface area contributed by atoms with Crippen LogP contribution in [-0.4, -0.2) is 48.7 Å². The van der Waals surface area contributed by atoms with Gasteiger partial charge in [-0.1, -0.05) is 18.2 Å². The van der Waals surface area contributed by atoms with Crippen LogP contribution in [0.4, 0.5) is 5.69 Å². The quantitative estimate of drug-likeness (QED) is 0.784. The van der Waals surface area contributed by atoms with Gasteiger partial charge in [0.1, 0.15) is 0 Å². The second-order valence-electron chi connectivity index (χ2n) is 5.75. The van der Waals surface area contributed by atoms with Crippen molar-refractivity contribution in [2.45, 2.75) is 38.1 Å². The fourth-order valence-electron chi connectivity index (χ4n) is 2.94. The van der Waals surface area contributed by atoms with E-state index in [1.165, 1.54) is 0 Å². The third kappa shape index (κ3) is 4.29. The lowest BCUT2D eigenvalue weighted by molar-refractivity contribution is -0.124. The summed E-state index contributed by atoms with van der Waals surface area (Å²) in [6.45, 7) is 1.99. The van der Waals surface area contributed by atoms with E-state index in [0.29, 0.717) is 0 Å². The van der Waals surface area contributed by atoms with Crippen LogP contribution in [0, 0.1) is 0 Å². The highest BCUT2D eigenvalue weighted by Gasteiger charge is 2.31. The summed E-state index contributed by atoms with van der Waals surface area (Å²) >= 11 is 0. The lowest BCUT2D eigenvalue weighted by Gasteiger charge is -2.37. The van der Waals surface area contributed by atoms with Gasteiger partial charge in [-0.2, -0.15) is 0 Å². The smallest absolute Gasteiger partial charge is 0.244 e. The minimum absolute atomic E-state index is 0.00640. The number of carbonyl (C=O) groups excluding carboxylic acids is 1. The molecule has 1 aromatic carbocycles. The molecule has 1 amide bonds. The Morgan fingerprint density at radius 3 is 2.71 bits per heavy atom. The number of aliphatic hydroxyl groups is 1. The number of para-hydroxylation sites is 1. The first-order valence-electron chi connectivity index (χ1n) is 7.91. The van der Waals surface area contributed by atoms with Crippen LogP contribution in [0.25, 0.3) is 0 Å². The summed E-state index contributed by atoms with van der Waals surface area (Å²) in [5.74, 6) is 0.220. The molecule has 1 aliphatic rings. The molecule has 1 fully saturated rings. The second kappa shape index (κ2) is 8.15. The summed E-state index contributed by atoms with van der Waals surface area (Å²) in [5.41, 5.74) is 1.00. The number of piperidine rings is 1. The molecule has 0 bridgehead atoms. The van der Waals surface area contributed by atoms with Crippen LogP contribution >= 0.6 is 0 Å². The Balaban J connectivity index is 1.93. The van der Waals surface area contributed by atoms with Crippen molar-refractivity contribution >= 4 is 11.6 Å². The van der Waals surface area contributed by atoms with E-state index in [-0.39, 0.29) is 18.6 Å². The lowest BCUT2D eigenvalue weighted by Crippen LogP contribution is -2.51. The highest BCUT2D eigenvalue weighted by Crippen LogP contribution is 2.23. The number of anilines is 1. The first-order valence-corrected chi connectivity index (χ1v) is 7.91. The molecule has 116 valence electrons. The minimum atomic E-state index is -0.00640. The molecule has 1 unspecified atom stereocenters. The number of unbranched alkanes of at least 4 members (excludes halogenated alkanes) is 2. The molecule has 1 heterocycles. The zero-order valence-electron chi connectivity index (χ0n) is 12.9. The fourth-order valence-corrected chi connectivity index (χ4v) is 2.94. The second-order valence-corrected chi connectivity index (χ2v) is 5.75. The van der Waals surface area contributed by atoms with Crippen molar-refractivity contribution in [1.82, 2.24) is 4.90 Å². The summed E-state index contributed by atoms with van der Waals surface area (Å²) in [4.78, 5) is 16.8. The predicted molar refractivity (Wildman–Crippen MR) is 85.4 cm³/mol. The van der Waals surface area contributed by atoms with Gasteiger partial charge in [0.15, 0.2) is 0 Å². The maximum Gasteiger partial charge on any atom is 0.244 e. The van der Waals surface area contributed by atoms with Crippen molar-refractivity contribution in [2.75, 3.05) is 31.6 Å². The Hall–Kier alpha value is -1.39. The maximum atomic E-state index is 12.7. The van der Waals surface area contributed by atoms with Gasteiger partial charge in [0, 0.05) is 18.8 Å². The number of hydrogen-bond acceptors (Lipinski definition) is 3. The third-order valence-electron chi connectivity index (χ3n) is 4.18. The number of amides is 1. The molecule has 1 N–H and O–H groups in total. The van der Waals surface area contributed by atoms with E-state index in [4.69, 9.17) is 5.11 Å². The van der Waals surface area contributed by atoms with Crippen LogP contribution in [0.1, 0.15) is 32.1 Å². The molecule has 1 saturated heterocycles. The van der Waals surface area contributed by atoms with Crippen molar-refractivity contribution in [3.05, 3.63) is 30.3 Å². The summed E-state index contributed by atoms with van der Waals surface area (Å²) < 4.78 is 0. The molecule has 0 radical (unpaired) electrons. The largest absolute Gasteiger partial charge is 0.396 e. The Labute approximate surface area is 127 Å². The average Bonchev–Trinajstić information content (AvgIpc) is 2.52. The van der Waals surface area contributed by atoms with Crippen molar-refractivity contribution in [2.24, 2.45) is 0 Å². The molecule has 2 rings (SSSR count). The van der Waals surface area contributed by atoms with Crippen LogP contribution in [0.3, 0.4) is 0 Å². The Kier molecular flexibility index (Phi) is 6.21. The average molecular weight is 290 g/mol. The van der Waals surface area contributed by atoms with E-state index in [1.807, 2.05) is 42.3 Å². The molecular weight excluding hydrogens is 264 g/mol. The highest BCUT2D eigenvalue weighted by molar-refractivity contribution is 5.97. The fraction of sp³-hybridized carbons (Fsp3) is 0.588. The van der Waals surface area contributed by atoms with Crippen molar-refractivity contribution < 1.29 is 9.90 Å². The molecule has 1 aromatic rings. The topological polar surface area (TPSA) is 43.8 Å². The molecule has 4 heteroatoms. The number of rotatable bonds is 7. The van der Waals surface area contributed by atoms with Crippen LogP contribution in [0.15, 0.2) is 30.3 Å². The van der Waals surface area contributed by atoms with E-state index >= 15 is 0 Å². The van der Waals surface area contributed by atoms with Gasteiger partial charge in [-0.3, -0.25) is 9.69 Å². The van der Waals surface area contributed by atoms with Gasteiger partial charge in [-0.25, -0.2) is 0 Å². The number of likely N-dealkylation sites (N-methyl/N-ethyl adjacent to an activating group) is 1. The zero-order valence-corrected chi connectivity index (χ0v) is 12.9. The molecule has 0 saturated carbocycles. The SMILES string of the molecule is CN(CCCCCO)C1CCCN(c2ccccc2)C1=O. The van der Waals surface area contributed by atoms with Crippen LogP contribution in [-0.2, 0) is 4.79 Å². The van der Waals surface area contributed by atoms with Crippen molar-refractivity contribution in [3.8, 4) is 0 Å².